The standard InChI is InChI=1S/C12H24O6/c1-5-8-10-16-18-17-12(15-9-6-2)11(13-4)14-7-3/h5-10H2,1-4H3. The summed E-state index contributed by atoms with van der Waals surface area (Å²) in [6.07, 6.45) is 2.73. The van der Waals surface area contributed by atoms with Crippen LogP contribution in [-0.4, -0.2) is 26.9 Å². The van der Waals surface area contributed by atoms with Crippen molar-refractivity contribution in [1.29, 1.82) is 0 Å². The van der Waals surface area contributed by atoms with E-state index in [2.05, 4.69) is 12.0 Å². The Kier molecular flexibility index (Phi) is 11.5. The zero-order chi connectivity index (χ0) is 13.6. The lowest BCUT2D eigenvalue weighted by atomic mass is 10.4. The highest BCUT2D eigenvalue weighted by atomic mass is 17.5. The highest BCUT2D eigenvalue weighted by Crippen LogP contribution is 2.12. The summed E-state index contributed by atoms with van der Waals surface area (Å²) in [6, 6.07) is 0. The second-order valence-corrected chi connectivity index (χ2v) is 3.39. The molecule has 0 radical (unpaired) electrons. The lowest BCUT2D eigenvalue weighted by molar-refractivity contribution is -0.508. The molecule has 0 aliphatic heterocycles. The van der Waals surface area contributed by atoms with E-state index in [9.17, 15) is 0 Å². The minimum absolute atomic E-state index is 0.0256. The van der Waals surface area contributed by atoms with Gasteiger partial charge < -0.3 is 14.2 Å². The summed E-state index contributed by atoms with van der Waals surface area (Å²) < 4.78 is 15.5. The average molecular weight is 264 g/mol. The molecule has 0 aromatic rings. The van der Waals surface area contributed by atoms with Crippen LogP contribution in [0.5, 0.6) is 0 Å². The molecular weight excluding hydrogens is 240 g/mol. The summed E-state index contributed by atoms with van der Waals surface area (Å²) in [4.78, 5) is 9.69. The van der Waals surface area contributed by atoms with Crippen molar-refractivity contribution in [2.45, 2.75) is 40.0 Å². The van der Waals surface area contributed by atoms with Gasteiger partial charge in [-0.1, -0.05) is 20.3 Å². The summed E-state index contributed by atoms with van der Waals surface area (Å²) >= 11 is 0. The first kappa shape index (κ1) is 16.9. The first-order valence-electron chi connectivity index (χ1n) is 6.30. The fraction of sp³-hybridized carbons (Fsp3) is 0.833. The van der Waals surface area contributed by atoms with Gasteiger partial charge in [0.05, 0.1) is 26.9 Å². The molecule has 0 aromatic carbocycles. The number of hydrogen-bond acceptors (Lipinski definition) is 6. The highest BCUT2D eigenvalue weighted by molar-refractivity contribution is 4.84. The maximum Gasteiger partial charge on any atom is 0.402 e. The van der Waals surface area contributed by atoms with Gasteiger partial charge in [0.2, 0.25) is 0 Å². The molecule has 108 valence electrons. The van der Waals surface area contributed by atoms with E-state index in [1.54, 1.807) is 0 Å². The molecule has 0 amide bonds. The van der Waals surface area contributed by atoms with E-state index in [0.717, 1.165) is 19.3 Å². The van der Waals surface area contributed by atoms with Gasteiger partial charge in [0.25, 0.3) is 0 Å². The summed E-state index contributed by atoms with van der Waals surface area (Å²) in [5.41, 5.74) is 0. The predicted molar refractivity (Wildman–Crippen MR) is 64.9 cm³/mol. The van der Waals surface area contributed by atoms with Crippen LogP contribution >= 0.6 is 0 Å². The molecule has 18 heavy (non-hydrogen) atoms. The number of ether oxygens (including phenoxy) is 3. The number of rotatable bonds is 12. The molecule has 0 fully saturated rings. The molecule has 0 aliphatic carbocycles. The van der Waals surface area contributed by atoms with Crippen LogP contribution < -0.4 is 0 Å². The molecule has 0 rings (SSSR count). The number of methoxy groups -OCH3 is 1. The second-order valence-electron chi connectivity index (χ2n) is 3.39. The Morgan fingerprint density at radius 1 is 0.889 bits per heavy atom. The van der Waals surface area contributed by atoms with Gasteiger partial charge in [0.15, 0.2) is 0 Å². The van der Waals surface area contributed by atoms with Crippen LogP contribution in [0.15, 0.2) is 11.9 Å². The molecule has 6 nitrogen and oxygen atoms in total. The monoisotopic (exact) mass is 264 g/mol. The molecule has 0 aromatic heterocycles. The van der Waals surface area contributed by atoms with Crippen molar-refractivity contribution in [3.8, 4) is 0 Å². The minimum atomic E-state index is 0.0256. The van der Waals surface area contributed by atoms with Gasteiger partial charge in [0.1, 0.15) is 0 Å². The molecule has 6 heteroatoms. The fourth-order valence-corrected chi connectivity index (χ4v) is 0.936. The molecule has 0 bridgehead atoms. The molecule has 0 heterocycles. The van der Waals surface area contributed by atoms with E-state index < -0.39 is 0 Å². The number of unbranched alkanes of at least 4 members (excludes halogenated alkanes) is 1. The Balaban J connectivity index is 4.19. The molecule has 0 spiro atoms. The molecular formula is C12H24O6. The molecule has 0 unspecified atom stereocenters. The van der Waals surface area contributed by atoms with Crippen LogP contribution in [0.3, 0.4) is 0 Å². The van der Waals surface area contributed by atoms with Crippen LogP contribution in [-0.2, 0) is 29.0 Å². The van der Waals surface area contributed by atoms with Crippen molar-refractivity contribution in [3.05, 3.63) is 11.9 Å². The smallest absolute Gasteiger partial charge is 0.402 e. The first-order valence-corrected chi connectivity index (χ1v) is 6.30. The molecule has 0 N–H and O–H groups in total. The van der Waals surface area contributed by atoms with Crippen molar-refractivity contribution in [1.82, 2.24) is 0 Å². The van der Waals surface area contributed by atoms with Gasteiger partial charge in [-0.15, -0.1) is 0 Å². The topological polar surface area (TPSA) is 55.4 Å². The van der Waals surface area contributed by atoms with Crippen molar-refractivity contribution in [3.63, 3.8) is 0 Å². The molecule has 0 saturated heterocycles. The zero-order valence-electron chi connectivity index (χ0n) is 11.7. The van der Waals surface area contributed by atoms with Crippen LogP contribution in [0.25, 0.3) is 0 Å². The molecule has 0 atom stereocenters. The van der Waals surface area contributed by atoms with Crippen molar-refractivity contribution < 1.29 is 29.0 Å². The van der Waals surface area contributed by atoms with Crippen LogP contribution in [0.2, 0.25) is 0 Å². The van der Waals surface area contributed by atoms with Gasteiger partial charge in [0, 0.05) is 0 Å². The SMILES string of the molecule is CCCCOOOC(OCCC)=C(OC)OCC. The average Bonchev–Trinajstić information content (AvgIpc) is 2.39. The fourth-order valence-electron chi connectivity index (χ4n) is 0.936. The lowest BCUT2D eigenvalue weighted by Crippen LogP contribution is -2.09. The Hall–Kier alpha value is -1.14. The van der Waals surface area contributed by atoms with Crippen LogP contribution in [0, 0.1) is 0 Å². The van der Waals surface area contributed by atoms with Crippen molar-refractivity contribution >= 4 is 0 Å². The Morgan fingerprint density at radius 3 is 2.22 bits per heavy atom. The lowest BCUT2D eigenvalue weighted by Gasteiger charge is -2.12. The maximum absolute atomic E-state index is 5.31. The van der Waals surface area contributed by atoms with Crippen LogP contribution in [0.4, 0.5) is 0 Å². The van der Waals surface area contributed by atoms with Crippen molar-refractivity contribution in [2.24, 2.45) is 0 Å². The van der Waals surface area contributed by atoms with Crippen molar-refractivity contribution in [2.75, 3.05) is 26.9 Å². The summed E-state index contributed by atoms with van der Waals surface area (Å²) in [6.45, 7) is 7.21. The minimum Gasteiger partial charge on any atom is -0.464 e. The first-order chi connectivity index (χ1) is 8.79. The van der Waals surface area contributed by atoms with Gasteiger partial charge in [-0.05, 0) is 24.8 Å². The van der Waals surface area contributed by atoms with E-state index in [1.165, 1.54) is 7.11 Å². The second kappa shape index (κ2) is 12.3. The normalized spacial score (nSPS) is 11.8. The van der Waals surface area contributed by atoms with Gasteiger partial charge >= 0.3 is 11.9 Å². The third-order valence-corrected chi connectivity index (χ3v) is 1.80. The Labute approximate surface area is 109 Å². The van der Waals surface area contributed by atoms with Gasteiger partial charge in [-0.3, -0.25) is 4.89 Å². The molecule has 0 aliphatic rings. The van der Waals surface area contributed by atoms with Crippen LogP contribution in [0.1, 0.15) is 40.0 Å². The van der Waals surface area contributed by atoms with Gasteiger partial charge in [-0.25, -0.2) is 0 Å². The quantitative estimate of drug-likeness (QED) is 0.234. The predicted octanol–water partition coefficient (Wildman–Crippen LogP) is 2.90. The maximum atomic E-state index is 5.31. The molecule has 0 saturated carbocycles. The largest absolute Gasteiger partial charge is 0.464 e. The third-order valence-electron chi connectivity index (χ3n) is 1.80. The third kappa shape index (κ3) is 8.03. The number of hydrogen-bond donors (Lipinski definition) is 0. The van der Waals surface area contributed by atoms with E-state index in [1.807, 2.05) is 13.8 Å². The van der Waals surface area contributed by atoms with E-state index >= 15 is 0 Å². The summed E-state index contributed by atoms with van der Waals surface area (Å²) in [5, 5.41) is 4.58. The zero-order valence-corrected chi connectivity index (χ0v) is 11.7. The summed E-state index contributed by atoms with van der Waals surface area (Å²) in [7, 11) is 1.46. The van der Waals surface area contributed by atoms with E-state index in [4.69, 9.17) is 24.0 Å². The summed E-state index contributed by atoms with van der Waals surface area (Å²) in [5.74, 6) is 0.155. The highest BCUT2D eigenvalue weighted by Gasteiger charge is 2.14. The van der Waals surface area contributed by atoms with E-state index in [0.29, 0.717) is 19.8 Å². The Morgan fingerprint density at radius 2 is 1.67 bits per heavy atom. The van der Waals surface area contributed by atoms with Gasteiger partial charge in [-0.2, -0.15) is 4.89 Å². The Bertz CT molecular complexity index is 217. The van der Waals surface area contributed by atoms with E-state index in [-0.39, 0.29) is 11.9 Å².